The molecule has 0 unspecified atom stereocenters. The Morgan fingerprint density at radius 3 is 1.72 bits per heavy atom. The van der Waals surface area contributed by atoms with Crippen LogP contribution in [0.15, 0.2) is 101 Å². The van der Waals surface area contributed by atoms with Gasteiger partial charge in [-0.25, -0.2) is 30.3 Å². The van der Waals surface area contributed by atoms with Crippen LogP contribution >= 0.6 is 46.4 Å². The van der Waals surface area contributed by atoms with Crippen molar-refractivity contribution in [3.05, 3.63) is 139 Å². The van der Waals surface area contributed by atoms with E-state index in [9.17, 15) is 35.8 Å². The van der Waals surface area contributed by atoms with Gasteiger partial charge in [0, 0.05) is 29.7 Å². The molecule has 0 radical (unpaired) electrons. The Kier molecular flexibility index (Phi) is 11.5. The maximum Gasteiger partial charge on any atom is 0.247 e. The lowest BCUT2D eigenvalue weighted by Gasteiger charge is -2.24. The number of ether oxygens (including phenoxy) is 1. The monoisotopic (exact) mass is 802 g/mol. The SMILES string of the molecule is O=S(=O)(NCc1cc(CN(Cc2ccc(F)cc2)S(=O)(=O)c2cc(Cl)cc(Cl)c2O)cc(Oc2ccc(F)cc2)c1)c1cc(Cl)cc(Cl)c1O. The third-order valence-electron chi connectivity index (χ3n) is 7.07. The van der Waals surface area contributed by atoms with E-state index in [-0.39, 0.29) is 49.3 Å². The van der Waals surface area contributed by atoms with Crippen molar-refractivity contribution < 1.29 is 40.6 Å². The van der Waals surface area contributed by atoms with Gasteiger partial charge >= 0.3 is 0 Å². The molecule has 262 valence electrons. The van der Waals surface area contributed by atoms with E-state index in [1.807, 2.05) is 0 Å². The predicted molar refractivity (Wildman–Crippen MR) is 186 cm³/mol. The van der Waals surface area contributed by atoms with E-state index in [4.69, 9.17) is 51.1 Å². The zero-order valence-corrected chi connectivity index (χ0v) is 29.9. The summed E-state index contributed by atoms with van der Waals surface area (Å²) in [6.07, 6.45) is 0. The van der Waals surface area contributed by atoms with Gasteiger partial charge in [-0.3, -0.25) is 0 Å². The normalized spacial score (nSPS) is 12.0. The Balaban J connectivity index is 1.56. The van der Waals surface area contributed by atoms with E-state index in [2.05, 4.69) is 4.72 Å². The lowest BCUT2D eigenvalue weighted by molar-refractivity contribution is 0.393. The minimum Gasteiger partial charge on any atom is -0.505 e. The number of rotatable bonds is 12. The fraction of sp³-hybridized carbons (Fsp3) is 0.0909. The first-order valence-electron chi connectivity index (χ1n) is 14.2. The van der Waals surface area contributed by atoms with Crippen LogP contribution in [0.3, 0.4) is 0 Å². The molecule has 0 aromatic heterocycles. The van der Waals surface area contributed by atoms with E-state index in [1.165, 1.54) is 54.6 Å². The Hall–Kier alpha value is -3.66. The Bertz CT molecular complexity index is 2280. The van der Waals surface area contributed by atoms with E-state index < -0.39 is 66.1 Å². The van der Waals surface area contributed by atoms with Crippen molar-refractivity contribution in [2.45, 2.75) is 29.4 Å². The van der Waals surface area contributed by atoms with E-state index in [1.54, 1.807) is 0 Å². The number of nitrogens with one attached hydrogen (secondary N) is 1. The van der Waals surface area contributed by atoms with Gasteiger partial charge in [0.25, 0.3) is 0 Å². The zero-order valence-electron chi connectivity index (χ0n) is 25.2. The number of hydrogen-bond donors (Lipinski definition) is 3. The fourth-order valence-corrected chi connectivity index (χ4v) is 8.66. The Morgan fingerprint density at radius 1 is 0.620 bits per heavy atom. The maximum absolute atomic E-state index is 14.1. The van der Waals surface area contributed by atoms with Gasteiger partial charge in [-0.1, -0.05) is 64.6 Å². The van der Waals surface area contributed by atoms with E-state index >= 15 is 0 Å². The second-order valence-corrected chi connectivity index (χ2v) is 16.1. The number of hydrogen-bond acceptors (Lipinski definition) is 7. The van der Waals surface area contributed by atoms with Gasteiger partial charge in [0.2, 0.25) is 20.0 Å². The first-order chi connectivity index (χ1) is 23.5. The first-order valence-corrected chi connectivity index (χ1v) is 18.6. The average molecular weight is 805 g/mol. The molecule has 0 atom stereocenters. The smallest absolute Gasteiger partial charge is 0.247 e. The largest absolute Gasteiger partial charge is 0.505 e. The molecule has 0 amide bonds. The third kappa shape index (κ3) is 8.97. The number of benzene rings is 5. The molecule has 0 bridgehead atoms. The molecule has 0 aliphatic carbocycles. The zero-order chi connectivity index (χ0) is 36.4. The highest BCUT2D eigenvalue weighted by atomic mass is 35.5. The van der Waals surface area contributed by atoms with Crippen LogP contribution in [0, 0.1) is 11.6 Å². The molecular weight excluding hydrogens is 780 g/mol. The van der Waals surface area contributed by atoms with E-state index in [0.29, 0.717) is 5.56 Å². The van der Waals surface area contributed by atoms with Gasteiger partial charge in [0.15, 0.2) is 11.5 Å². The highest BCUT2D eigenvalue weighted by Crippen LogP contribution is 2.38. The van der Waals surface area contributed by atoms with Crippen LogP contribution in [-0.4, -0.2) is 31.4 Å². The molecule has 0 fully saturated rings. The van der Waals surface area contributed by atoms with Crippen molar-refractivity contribution in [2.24, 2.45) is 0 Å². The van der Waals surface area contributed by atoms with Crippen molar-refractivity contribution >= 4 is 66.5 Å². The molecule has 0 saturated carbocycles. The lowest BCUT2D eigenvalue weighted by Crippen LogP contribution is -2.30. The van der Waals surface area contributed by atoms with Gasteiger partial charge in [-0.05, 0) is 89.5 Å². The summed E-state index contributed by atoms with van der Waals surface area (Å²) >= 11 is 24.0. The summed E-state index contributed by atoms with van der Waals surface area (Å²) in [5.74, 6) is -2.20. The van der Waals surface area contributed by atoms with Gasteiger partial charge < -0.3 is 14.9 Å². The standard InChI is InChI=1S/C33H24Cl4F2N2O7S2/c34-22-12-28(36)32(42)30(14-22)49(44,45)40-16-20-9-21(11-27(10-20)48-26-7-5-25(39)6-8-26)18-41(17-19-1-3-24(38)4-2-19)50(46,47)31-15-23(35)13-29(37)33(31)43/h1-15,40,42-43H,16-18H2. The highest BCUT2D eigenvalue weighted by molar-refractivity contribution is 7.89. The molecule has 0 aliphatic heterocycles. The molecule has 3 N–H and O–H groups in total. The summed E-state index contributed by atoms with van der Waals surface area (Å²) < 4.78 is 91.1. The summed E-state index contributed by atoms with van der Waals surface area (Å²) in [5.41, 5.74) is 0.920. The lowest BCUT2D eigenvalue weighted by atomic mass is 10.1. The first kappa shape index (κ1) is 37.6. The van der Waals surface area contributed by atoms with Crippen LogP contribution < -0.4 is 9.46 Å². The maximum atomic E-state index is 14.1. The van der Waals surface area contributed by atoms with Crippen LogP contribution in [-0.2, 0) is 39.7 Å². The van der Waals surface area contributed by atoms with Crippen molar-refractivity contribution in [1.29, 1.82) is 0 Å². The number of nitrogens with zero attached hydrogens (tertiary/aromatic N) is 1. The fourth-order valence-electron chi connectivity index (χ4n) is 4.72. The van der Waals surface area contributed by atoms with Crippen molar-refractivity contribution in [3.8, 4) is 23.0 Å². The molecule has 50 heavy (non-hydrogen) atoms. The van der Waals surface area contributed by atoms with E-state index in [0.717, 1.165) is 40.7 Å². The number of aromatic hydroxyl groups is 2. The molecule has 0 heterocycles. The van der Waals surface area contributed by atoms with Crippen molar-refractivity contribution in [1.82, 2.24) is 9.03 Å². The summed E-state index contributed by atoms with van der Waals surface area (Å²) in [6.45, 7) is -1.10. The average Bonchev–Trinajstić information content (AvgIpc) is 3.05. The van der Waals surface area contributed by atoms with Gasteiger partial charge in [-0.15, -0.1) is 0 Å². The second kappa shape index (κ2) is 15.3. The molecule has 5 aromatic carbocycles. The molecule has 0 saturated heterocycles. The van der Waals surface area contributed by atoms with Crippen molar-refractivity contribution in [2.75, 3.05) is 0 Å². The third-order valence-corrected chi connectivity index (χ3v) is 11.3. The van der Waals surface area contributed by atoms with Crippen molar-refractivity contribution in [3.63, 3.8) is 0 Å². The molecule has 5 rings (SSSR count). The van der Waals surface area contributed by atoms with Crippen LogP contribution in [0.25, 0.3) is 0 Å². The topological polar surface area (TPSA) is 133 Å². The second-order valence-electron chi connectivity index (χ2n) is 10.7. The number of halogens is 6. The summed E-state index contributed by atoms with van der Waals surface area (Å²) in [6, 6.07) is 18.9. The number of phenolic OH excluding ortho intramolecular Hbond substituents is 2. The summed E-state index contributed by atoms with van der Waals surface area (Å²) in [4.78, 5) is -1.17. The molecule has 0 aliphatic rings. The summed E-state index contributed by atoms with van der Waals surface area (Å²) in [7, 11) is -8.99. The number of phenols is 2. The van der Waals surface area contributed by atoms with Gasteiger partial charge in [0.05, 0.1) is 10.0 Å². The van der Waals surface area contributed by atoms with Gasteiger partial charge in [-0.2, -0.15) is 4.31 Å². The van der Waals surface area contributed by atoms with Gasteiger partial charge in [0.1, 0.15) is 32.9 Å². The minimum atomic E-state index is -4.58. The Labute approximate surface area is 306 Å². The minimum absolute atomic E-state index is 0.0420. The summed E-state index contributed by atoms with van der Waals surface area (Å²) in [5, 5.41) is 20.3. The quantitative estimate of drug-likeness (QED) is 0.115. The molecule has 9 nitrogen and oxygen atoms in total. The van der Waals surface area contributed by atoms with Crippen LogP contribution in [0.5, 0.6) is 23.0 Å². The predicted octanol–water partition coefficient (Wildman–Crippen LogP) is 8.65. The number of sulfonamides is 2. The van der Waals surface area contributed by atoms with Crippen LogP contribution in [0.4, 0.5) is 8.78 Å². The highest BCUT2D eigenvalue weighted by Gasteiger charge is 2.30. The molecule has 0 spiro atoms. The van der Waals surface area contributed by atoms with Crippen LogP contribution in [0.1, 0.15) is 16.7 Å². The van der Waals surface area contributed by atoms with Crippen LogP contribution in [0.2, 0.25) is 20.1 Å². The molecule has 17 heteroatoms. The Morgan fingerprint density at radius 2 is 1.12 bits per heavy atom. The molecular formula is C33H24Cl4F2N2O7S2. The molecule has 5 aromatic rings.